The molecule has 0 spiro atoms. The van der Waals surface area contributed by atoms with Gasteiger partial charge in [0.2, 0.25) is 0 Å². The van der Waals surface area contributed by atoms with Crippen LogP contribution in [0.3, 0.4) is 0 Å². The van der Waals surface area contributed by atoms with E-state index in [1.165, 1.54) is 12.1 Å². The van der Waals surface area contributed by atoms with Crippen molar-refractivity contribution in [2.75, 3.05) is 12.4 Å². The van der Waals surface area contributed by atoms with Crippen molar-refractivity contribution in [1.82, 2.24) is 0 Å². The molecule has 0 aliphatic carbocycles. The fourth-order valence-electron chi connectivity index (χ4n) is 1.34. The van der Waals surface area contributed by atoms with E-state index in [2.05, 4.69) is 5.32 Å². The van der Waals surface area contributed by atoms with Gasteiger partial charge in [-0.2, -0.15) is 0 Å². The lowest BCUT2D eigenvalue weighted by molar-refractivity contribution is -0.384. The van der Waals surface area contributed by atoms with Crippen molar-refractivity contribution in [2.24, 2.45) is 0 Å². The molecule has 0 amide bonds. The molecule has 0 heterocycles. The summed E-state index contributed by atoms with van der Waals surface area (Å²) < 4.78 is 18.0. The van der Waals surface area contributed by atoms with Gasteiger partial charge >= 0.3 is 0 Å². The number of hydrogen-bond donors (Lipinski definition) is 1. The van der Waals surface area contributed by atoms with Crippen molar-refractivity contribution < 1.29 is 14.1 Å². The van der Waals surface area contributed by atoms with Crippen LogP contribution in [0.4, 0.5) is 15.8 Å². The van der Waals surface area contributed by atoms with Gasteiger partial charge in [0, 0.05) is 13.2 Å². The molecule has 6 heteroatoms. The standard InChI is InChI=1S/C11H15FN2O3/c1-7(8(2)17-3)13-10-5-4-9(12)6-11(10)14(15)16/h4-8,13H,1-3H3. The highest BCUT2D eigenvalue weighted by Gasteiger charge is 2.18. The van der Waals surface area contributed by atoms with Gasteiger partial charge in [-0.05, 0) is 26.0 Å². The number of anilines is 1. The largest absolute Gasteiger partial charge is 0.380 e. The average molecular weight is 242 g/mol. The van der Waals surface area contributed by atoms with Crippen molar-refractivity contribution in [2.45, 2.75) is 26.0 Å². The zero-order chi connectivity index (χ0) is 13.0. The minimum Gasteiger partial charge on any atom is -0.380 e. The Morgan fingerprint density at radius 1 is 1.47 bits per heavy atom. The molecule has 5 nitrogen and oxygen atoms in total. The van der Waals surface area contributed by atoms with E-state index in [4.69, 9.17) is 4.74 Å². The lowest BCUT2D eigenvalue weighted by atomic mass is 10.2. The maximum atomic E-state index is 12.9. The topological polar surface area (TPSA) is 64.4 Å². The first-order valence-corrected chi connectivity index (χ1v) is 5.19. The van der Waals surface area contributed by atoms with E-state index >= 15 is 0 Å². The molecule has 0 radical (unpaired) electrons. The third-order valence-electron chi connectivity index (χ3n) is 2.62. The van der Waals surface area contributed by atoms with Crippen molar-refractivity contribution in [3.8, 4) is 0 Å². The quantitative estimate of drug-likeness (QED) is 0.636. The van der Waals surface area contributed by atoms with Gasteiger partial charge in [0.1, 0.15) is 11.5 Å². The average Bonchev–Trinajstić information content (AvgIpc) is 2.29. The second-order valence-electron chi connectivity index (χ2n) is 3.79. The van der Waals surface area contributed by atoms with Crippen LogP contribution in [0, 0.1) is 15.9 Å². The van der Waals surface area contributed by atoms with E-state index in [0.717, 1.165) is 6.07 Å². The Morgan fingerprint density at radius 2 is 2.12 bits per heavy atom. The van der Waals surface area contributed by atoms with Gasteiger partial charge in [-0.3, -0.25) is 10.1 Å². The Kier molecular flexibility index (Phi) is 4.39. The molecule has 0 aliphatic rings. The Balaban J connectivity index is 2.94. The predicted molar refractivity (Wildman–Crippen MR) is 62.6 cm³/mol. The number of nitro groups is 1. The van der Waals surface area contributed by atoms with Gasteiger partial charge in [-0.1, -0.05) is 0 Å². The Labute approximate surface area is 98.7 Å². The Bertz CT molecular complexity index is 412. The van der Waals surface area contributed by atoms with Crippen LogP contribution in [0.2, 0.25) is 0 Å². The number of nitrogens with one attached hydrogen (secondary N) is 1. The zero-order valence-corrected chi connectivity index (χ0v) is 9.94. The monoisotopic (exact) mass is 242 g/mol. The maximum absolute atomic E-state index is 12.9. The normalized spacial score (nSPS) is 14.1. The third kappa shape index (κ3) is 3.39. The van der Waals surface area contributed by atoms with Crippen LogP contribution in [0.15, 0.2) is 18.2 Å². The smallest absolute Gasteiger partial charge is 0.295 e. The molecule has 2 atom stereocenters. The van der Waals surface area contributed by atoms with E-state index in [0.29, 0.717) is 0 Å². The summed E-state index contributed by atoms with van der Waals surface area (Å²) in [5.74, 6) is -0.630. The third-order valence-corrected chi connectivity index (χ3v) is 2.62. The number of rotatable bonds is 5. The highest BCUT2D eigenvalue weighted by molar-refractivity contribution is 5.61. The van der Waals surface area contributed by atoms with Crippen LogP contribution in [0.1, 0.15) is 13.8 Å². The van der Waals surface area contributed by atoms with E-state index < -0.39 is 10.7 Å². The van der Waals surface area contributed by atoms with Crippen molar-refractivity contribution >= 4 is 11.4 Å². The summed E-state index contributed by atoms with van der Waals surface area (Å²) in [6, 6.07) is 3.31. The molecular formula is C11H15FN2O3. The van der Waals surface area contributed by atoms with Gasteiger partial charge in [-0.25, -0.2) is 4.39 Å². The minimum atomic E-state index is -0.630. The zero-order valence-electron chi connectivity index (χ0n) is 9.94. The molecule has 0 fully saturated rings. The molecule has 0 aliphatic heterocycles. The number of benzene rings is 1. The second kappa shape index (κ2) is 5.58. The first-order chi connectivity index (χ1) is 7.95. The molecule has 94 valence electrons. The Hall–Kier alpha value is -1.69. The molecule has 1 aromatic carbocycles. The second-order valence-corrected chi connectivity index (χ2v) is 3.79. The Morgan fingerprint density at radius 3 is 2.65 bits per heavy atom. The summed E-state index contributed by atoms with van der Waals surface area (Å²) in [4.78, 5) is 10.1. The van der Waals surface area contributed by atoms with Crippen molar-refractivity contribution in [3.05, 3.63) is 34.1 Å². The summed E-state index contributed by atoms with van der Waals surface area (Å²) >= 11 is 0. The summed E-state index contributed by atoms with van der Waals surface area (Å²) in [5.41, 5.74) is 0.00736. The summed E-state index contributed by atoms with van der Waals surface area (Å²) in [6.45, 7) is 3.67. The van der Waals surface area contributed by atoms with E-state index in [1.807, 2.05) is 13.8 Å². The number of nitrogens with zero attached hydrogens (tertiary/aromatic N) is 1. The van der Waals surface area contributed by atoms with Crippen LogP contribution < -0.4 is 5.32 Å². The number of halogens is 1. The van der Waals surface area contributed by atoms with E-state index in [1.54, 1.807) is 7.11 Å². The van der Waals surface area contributed by atoms with Gasteiger partial charge in [0.25, 0.3) is 5.69 Å². The molecule has 0 saturated heterocycles. The number of nitro benzene ring substituents is 1. The maximum Gasteiger partial charge on any atom is 0.295 e. The molecular weight excluding hydrogens is 227 g/mol. The predicted octanol–water partition coefficient (Wildman–Crippen LogP) is 2.57. The van der Waals surface area contributed by atoms with E-state index in [-0.39, 0.29) is 23.5 Å². The van der Waals surface area contributed by atoms with Gasteiger partial charge < -0.3 is 10.1 Å². The van der Waals surface area contributed by atoms with Gasteiger partial charge in [-0.15, -0.1) is 0 Å². The highest BCUT2D eigenvalue weighted by Crippen LogP contribution is 2.26. The first kappa shape index (κ1) is 13.4. The molecule has 17 heavy (non-hydrogen) atoms. The molecule has 0 saturated carbocycles. The molecule has 0 bridgehead atoms. The van der Waals surface area contributed by atoms with Crippen LogP contribution in [0.5, 0.6) is 0 Å². The fraction of sp³-hybridized carbons (Fsp3) is 0.455. The van der Waals surface area contributed by atoms with Crippen molar-refractivity contribution in [1.29, 1.82) is 0 Å². The number of hydrogen-bond acceptors (Lipinski definition) is 4. The van der Waals surface area contributed by atoms with Crippen LogP contribution in [-0.4, -0.2) is 24.2 Å². The SMILES string of the molecule is COC(C)C(C)Nc1ccc(F)cc1[N+](=O)[O-]. The molecule has 1 aromatic rings. The summed E-state index contributed by atoms with van der Waals surface area (Å²) in [5, 5.41) is 13.7. The number of methoxy groups -OCH3 is 1. The van der Waals surface area contributed by atoms with E-state index in [9.17, 15) is 14.5 Å². The molecule has 0 aromatic heterocycles. The van der Waals surface area contributed by atoms with Crippen LogP contribution >= 0.6 is 0 Å². The summed E-state index contributed by atoms with van der Waals surface area (Å²) in [7, 11) is 1.56. The minimum absolute atomic E-state index is 0.111. The molecule has 2 unspecified atom stereocenters. The first-order valence-electron chi connectivity index (χ1n) is 5.19. The van der Waals surface area contributed by atoms with Crippen LogP contribution in [0.25, 0.3) is 0 Å². The molecule has 1 rings (SSSR count). The molecule has 1 N–H and O–H groups in total. The number of ether oxygens (including phenoxy) is 1. The fourth-order valence-corrected chi connectivity index (χ4v) is 1.34. The lowest BCUT2D eigenvalue weighted by Crippen LogP contribution is -2.29. The lowest BCUT2D eigenvalue weighted by Gasteiger charge is -2.20. The highest BCUT2D eigenvalue weighted by atomic mass is 19.1. The summed E-state index contributed by atoms with van der Waals surface area (Å²) in [6.07, 6.45) is -0.111. The van der Waals surface area contributed by atoms with Gasteiger partial charge in [0.05, 0.1) is 17.1 Å². The van der Waals surface area contributed by atoms with Crippen LogP contribution in [-0.2, 0) is 4.74 Å². The van der Waals surface area contributed by atoms with Gasteiger partial charge in [0.15, 0.2) is 0 Å². The van der Waals surface area contributed by atoms with Crippen molar-refractivity contribution in [3.63, 3.8) is 0 Å².